The van der Waals surface area contributed by atoms with Crippen LogP contribution in [0.25, 0.3) is 0 Å². The van der Waals surface area contributed by atoms with Gasteiger partial charge in [0.1, 0.15) is 5.82 Å². The molecule has 5 nitrogen and oxygen atoms in total. The Morgan fingerprint density at radius 3 is 2.53 bits per heavy atom. The largest absolute Gasteiger partial charge is 0.381 e. The zero-order valence-electron chi connectivity index (χ0n) is 19.0. The van der Waals surface area contributed by atoms with E-state index in [-0.39, 0.29) is 11.2 Å². The Balaban J connectivity index is 1.30. The first-order chi connectivity index (χ1) is 15.7. The standard InChI is InChI=1S/C26H35FN4O/c1-28-25(30-24-10-14-31(15-11-24)19-21-6-3-2-4-7-21)29-20-26(12-16-32-17-13-26)22-8-5-9-23(27)18-22/h2-9,18,24H,10-17,19-20H2,1H3,(H2,28,29,30). The molecule has 0 amide bonds. The van der Waals surface area contributed by atoms with Gasteiger partial charge >= 0.3 is 0 Å². The van der Waals surface area contributed by atoms with Gasteiger partial charge in [-0.1, -0.05) is 42.5 Å². The van der Waals surface area contributed by atoms with Crippen molar-refractivity contribution in [3.05, 3.63) is 71.5 Å². The maximum absolute atomic E-state index is 13.9. The molecular weight excluding hydrogens is 403 g/mol. The van der Waals surface area contributed by atoms with Gasteiger partial charge < -0.3 is 15.4 Å². The first kappa shape index (κ1) is 22.7. The molecule has 0 bridgehead atoms. The molecule has 0 unspecified atom stereocenters. The predicted molar refractivity (Wildman–Crippen MR) is 127 cm³/mol. The van der Waals surface area contributed by atoms with Crippen LogP contribution >= 0.6 is 0 Å². The Hall–Kier alpha value is -2.44. The van der Waals surface area contributed by atoms with Gasteiger partial charge in [-0.15, -0.1) is 0 Å². The predicted octanol–water partition coefficient (Wildman–Crippen LogP) is 3.70. The Morgan fingerprint density at radius 2 is 1.84 bits per heavy atom. The molecule has 4 rings (SSSR count). The SMILES string of the molecule is CN=C(NCC1(c2cccc(F)c2)CCOCC1)NC1CCN(Cc2ccccc2)CC1. The van der Waals surface area contributed by atoms with Crippen LogP contribution in [0.15, 0.2) is 59.6 Å². The van der Waals surface area contributed by atoms with Crippen molar-refractivity contribution in [2.75, 3.05) is 39.9 Å². The lowest BCUT2D eigenvalue weighted by Gasteiger charge is -2.39. The lowest BCUT2D eigenvalue weighted by molar-refractivity contribution is 0.0512. The molecule has 0 atom stereocenters. The molecule has 172 valence electrons. The lowest BCUT2D eigenvalue weighted by atomic mass is 9.74. The fraction of sp³-hybridized carbons (Fsp3) is 0.500. The van der Waals surface area contributed by atoms with Crippen molar-refractivity contribution in [3.63, 3.8) is 0 Å². The fourth-order valence-electron chi connectivity index (χ4n) is 4.87. The average molecular weight is 439 g/mol. The van der Waals surface area contributed by atoms with Gasteiger partial charge in [0, 0.05) is 57.9 Å². The molecule has 2 aromatic carbocycles. The number of nitrogens with one attached hydrogen (secondary N) is 2. The summed E-state index contributed by atoms with van der Waals surface area (Å²) < 4.78 is 19.6. The third kappa shape index (κ3) is 5.87. The topological polar surface area (TPSA) is 48.9 Å². The normalized spacial score (nSPS) is 20.1. The number of likely N-dealkylation sites (tertiary alicyclic amines) is 1. The molecule has 0 radical (unpaired) electrons. The molecule has 2 N–H and O–H groups in total. The number of aliphatic imine (C=N–C) groups is 1. The monoisotopic (exact) mass is 438 g/mol. The number of hydrogen-bond donors (Lipinski definition) is 2. The molecule has 6 heteroatoms. The van der Waals surface area contributed by atoms with Gasteiger partial charge in [-0.3, -0.25) is 9.89 Å². The molecule has 2 fully saturated rings. The van der Waals surface area contributed by atoms with E-state index in [1.54, 1.807) is 12.1 Å². The lowest BCUT2D eigenvalue weighted by Crippen LogP contribution is -2.52. The number of hydrogen-bond acceptors (Lipinski definition) is 3. The second-order valence-electron chi connectivity index (χ2n) is 9.01. The average Bonchev–Trinajstić information content (AvgIpc) is 2.84. The minimum Gasteiger partial charge on any atom is -0.381 e. The van der Waals surface area contributed by atoms with Gasteiger partial charge in [-0.05, 0) is 48.9 Å². The summed E-state index contributed by atoms with van der Waals surface area (Å²) in [6.45, 7) is 5.28. The van der Waals surface area contributed by atoms with E-state index in [0.717, 1.165) is 56.8 Å². The van der Waals surface area contributed by atoms with Crippen molar-refractivity contribution < 1.29 is 9.13 Å². The minimum atomic E-state index is -0.182. The van der Waals surface area contributed by atoms with Crippen molar-refractivity contribution in [1.29, 1.82) is 0 Å². The first-order valence-corrected chi connectivity index (χ1v) is 11.7. The van der Waals surface area contributed by atoms with Crippen LogP contribution in [0.3, 0.4) is 0 Å². The van der Waals surface area contributed by atoms with Crippen molar-refractivity contribution in [1.82, 2.24) is 15.5 Å². The van der Waals surface area contributed by atoms with Gasteiger partial charge in [0.15, 0.2) is 5.96 Å². The van der Waals surface area contributed by atoms with E-state index >= 15 is 0 Å². The summed E-state index contributed by atoms with van der Waals surface area (Å²) in [6.07, 6.45) is 3.93. The third-order valence-electron chi connectivity index (χ3n) is 6.88. The van der Waals surface area contributed by atoms with E-state index in [1.807, 2.05) is 13.1 Å². The van der Waals surface area contributed by atoms with Crippen LogP contribution in [0, 0.1) is 5.82 Å². The molecule has 0 saturated carbocycles. The summed E-state index contributed by atoms with van der Waals surface area (Å²) in [6, 6.07) is 18.1. The quantitative estimate of drug-likeness (QED) is 0.533. The number of ether oxygens (including phenoxy) is 1. The highest BCUT2D eigenvalue weighted by Crippen LogP contribution is 2.34. The van der Waals surface area contributed by atoms with Crippen LogP contribution in [-0.2, 0) is 16.7 Å². The summed E-state index contributed by atoms with van der Waals surface area (Å²) in [5, 5.41) is 7.16. The number of guanidine groups is 1. The van der Waals surface area contributed by atoms with Gasteiger partial charge in [-0.2, -0.15) is 0 Å². The van der Waals surface area contributed by atoms with E-state index in [4.69, 9.17) is 4.74 Å². The van der Waals surface area contributed by atoms with Crippen LogP contribution in [-0.4, -0.2) is 56.8 Å². The molecule has 2 saturated heterocycles. The van der Waals surface area contributed by atoms with Gasteiger partial charge in [0.05, 0.1) is 0 Å². The fourth-order valence-corrected chi connectivity index (χ4v) is 4.87. The highest BCUT2D eigenvalue weighted by molar-refractivity contribution is 5.80. The van der Waals surface area contributed by atoms with Crippen molar-refractivity contribution in [3.8, 4) is 0 Å². The highest BCUT2D eigenvalue weighted by atomic mass is 19.1. The van der Waals surface area contributed by atoms with Gasteiger partial charge in [0.25, 0.3) is 0 Å². The summed E-state index contributed by atoms with van der Waals surface area (Å²) in [4.78, 5) is 6.99. The zero-order chi connectivity index (χ0) is 22.2. The minimum absolute atomic E-state index is 0.142. The van der Waals surface area contributed by atoms with Crippen LogP contribution < -0.4 is 10.6 Å². The van der Waals surface area contributed by atoms with Crippen LogP contribution in [0.1, 0.15) is 36.8 Å². The summed E-state index contributed by atoms with van der Waals surface area (Å²) >= 11 is 0. The molecule has 0 aromatic heterocycles. The molecule has 2 heterocycles. The Bertz CT molecular complexity index is 874. The molecule has 2 aliphatic heterocycles. The van der Waals surface area contributed by atoms with Crippen LogP contribution in [0.5, 0.6) is 0 Å². The van der Waals surface area contributed by atoms with Crippen molar-refractivity contribution >= 4 is 5.96 Å². The van der Waals surface area contributed by atoms with Gasteiger partial charge in [0.2, 0.25) is 0 Å². The number of halogens is 1. The molecule has 2 aromatic rings. The molecule has 32 heavy (non-hydrogen) atoms. The molecule has 0 aliphatic carbocycles. The number of rotatable bonds is 6. The van der Waals surface area contributed by atoms with Crippen molar-refractivity contribution in [2.45, 2.75) is 43.7 Å². The maximum Gasteiger partial charge on any atom is 0.191 e. The smallest absolute Gasteiger partial charge is 0.191 e. The number of piperidine rings is 1. The van der Waals surface area contributed by atoms with Crippen LogP contribution in [0.4, 0.5) is 4.39 Å². The van der Waals surface area contributed by atoms with E-state index in [9.17, 15) is 4.39 Å². The second kappa shape index (κ2) is 10.9. The summed E-state index contributed by atoms with van der Waals surface area (Å²) in [5.74, 6) is 0.645. The number of nitrogens with zero attached hydrogens (tertiary/aromatic N) is 2. The van der Waals surface area contributed by atoms with E-state index in [0.29, 0.717) is 25.8 Å². The number of benzene rings is 2. The Kier molecular flexibility index (Phi) is 7.76. The van der Waals surface area contributed by atoms with E-state index < -0.39 is 0 Å². The summed E-state index contributed by atoms with van der Waals surface area (Å²) in [7, 11) is 1.82. The maximum atomic E-state index is 13.9. The third-order valence-corrected chi connectivity index (χ3v) is 6.88. The highest BCUT2D eigenvalue weighted by Gasteiger charge is 2.35. The molecular formula is C26H35FN4O. The second-order valence-corrected chi connectivity index (χ2v) is 9.01. The van der Waals surface area contributed by atoms with Gasteiger partial charge in [-0.25, -0.2) is 4.39 Å². The Morgan fingerprint density at radius 1 is 1.09 bits per heavy atom. The van der Waals surface area contributed by atoms with Crippen LogP contribution in [0.2, 0.25) is 0 Å². The first-order valence-electron chi connectivity index (χ1n) is 11.7. The zero-order valence-corrected chi connectivity index (χ0v) is 19.0. The molecule has 0 spiro atoms. The van der Waals surface area contributed by atoms with E-state index in [1.165, 1.54) is 11.6 Å². The van der Waals surface area contributed by atoms with Crippen molar-refractivity contribution in [2.24, 2.45) is 4.99 Å². The van der Waals surface area contributed by atoms with E-state index in [2.05, 4.69) is 50.9 Å². The molecule has 2 aliphatic rings. The Labute approximate surface area is 191 Å². The summed E-state index contributed by atoms with van der Waals surface area (Å²) in [5.41, 5.74) is 2.27.